The minimum atomic E-state index is 0.485. The Morgan fingerprint density at radius 1 is 1.21 bits per heavy atom. The standard InChI is InChI=1S/C12H20S2/c1-3-4-5-6-7-9-12(2)13-10-8-11-14-12/h3-6H,7-11H2,1-2H3/b4-3+,6-5-. The third-order valence-corrected chi connectivity index (χ3v) is 5.63. The molecule has 0 bridgehead atoms. The van der Waals surface area contributed by atoms with Gasteiger partial charge in [0.15, 0.2) is 0 Å². The quantitative estimate of drug-likeness (QED) is 0.650. The third-order valence-electron chi connectivity index (χ3n) is 2.31. The van der Waals surface area contributed by atoms with Gasteiger partial charge < -0.3 is 0 Å². The molecule has 2 heteroatoms. The third kappa shape index (κ3) is 4.61. The van der Waals surface area contributed by atoms with Crippen LogP contribution >= 0.6 is 23.5 Å². The van der Waals surface area contributed by atoms with Crippen LogP contribution in [0.3, 0.4) is 0 Å². The lowest BCUT2D eigenvalue weighted by Crippen LogP contribution is -2.20. The summed E-state index contributed by atoms with van der Waals surface area (Å²) < 4.78 is 0.485. The summed E-state index contributed by atoms with van der Waals surface area (Å²) in [6.45, 7) is 4.45. The maximum absolute atomic E-state index is 2.39. The van der Waals surface area contributed by atoms with E-state index >= 15 is 0 Å². The van der Waals surface area contributed by atoms with E-state index in [0.717, 1.165) is 0 Å². The van der Waals surface area contributed by atoms with Crippen molar-refractivity contribution in [2.45, 2.75) is 37.2 Å². The van der Waals surface area contributed by atoms with E-state index in [1.807, 2.05) is 0 Å². The highest BCUT2D eigenvalue weighted by Gasteiger charge is 2.26. The van der Waals surface area contributed by atoms with Gasteiger partial charge in [-0.2, -0.15) is 0 Å². The maximum atomic E-state index is 2.39. The number of allylic oxidation sites excluding steroid dienone is 4. The molecule has 80 valence electrons. The molecule has 0 saturated carbocycles. The van der Waals surface area contributed by atoms with Crippen LogP contribution in [0.2, 0.25) is 0 Å². The van der Waals surface area contributed by atoms with E-state index < -0.39 is 0 Å². The highest BCUT2D eigenvalue weighted by molar-refractivity contribution is 8.18. The monoisotopic (exact) mass is 228 g/mol. The summed E-state index contributed by atoms with van der Waals surface area (Å²) in [7, 11) is 0. The molecule has 0 atom stereocenters. The van der Waals surface area contributed by atoms with Crippen LogP contribution in [0.4, 0.5) is 0 Å². The molecule has 1 fully saturated rings. The van der Waals surface area contributed by atoms with E-state index in [2.05, 4.69) is 61.7 Å². The van der Waals surface area contributed by atoms with Gasteiger partial charge in [0.1, 0.15) is 0 Å². The molecule has 0 aromatic carbocycles. The molecule has 0 aromatic heterocycles. The molecule has 0 aliphatic carbocycles. The van der Waals surface area contributed by atoms with Crippen LogP contribution < -0.4 is 0 Å². The second-order valence-corrected chi connectivity index (χ2v) is 7.13. The second-order valence-electron chi connectivity index (χ2n) is 3.68. The zero-order chi connectivity index (χ0) is 10.3. The highest BCUT2D eigenvalue weighted by Crippen LogP contribution is 2.44. The lowest BCUT2D eigenvalue weighted by Gasteiger charge is -2.31. The lowest BCUT2D eigenvalue weighted by molar-refractivity contribution is 0.775. The molecular formula is C12H20S2. The Morgan fingerprint density at radius 3 is 2.57 bits per heavy atom. The predicted octanol–water partition coefficient (Wildman–Crippen LogP) is 4.49. The normalized spacial score (nSPS) is 22.1. The summed E-state index contributed by atoms with van der Waals surface area (Å²) in [6, 6.07) is 0. The minimum Gasteiger partial charge on any atom is -0.144 e. The minimum absolute atomic E-state index is 0.485. The van der Waals surface area contributed by atoms with E-state index in [4.69, 9.17) is 0 Å². The first-order valence-electron chi connectivity index (χ1n) is 5.32. The van der Waals surface area contributed by atoms with Gasteiger partial charge in [0.2, 0.25) is 0 Å². The largest absolute Gasteiger partial charge is 0.144 e. The molecule has 0 nitrogen and oxygen atoms in total. The van der Waals surface area contributed by atoms with Crippen molar-refractivity contribution in [3.8, 4) is 0 Å². The van der Waals surface area contributed by atoms with Crippen molar-refractivity contribution in [2.24, 2.45) is 0 Å². The lowest BCUT2D eigenvalue weighted by atomic mass is 10.2. The molecule has 14 heavy (non-hydrogen) atoms. The van der Waals surface area contributed by atoms with Gasteiger partial charge in [-0.25, -0.2) is 0 Å². The molecular weight excluding hydrogens is 208 g/mol. The average Bonchev–Trinajstić information content (AvgIpc) is 2.18. The van der Waals surface area contributed by atoms with Crippen LogP contribution in [-0.2, 0) is 0 Å². The van der Waals surface area contributed by atoms with Crippen LogP contribution in [-0.4, -0.2) is 15.6 Å². The Balaban J connectivity index is 2.21. The number of rotatable bonds is 4. The van der Waals surface area contributed by atoms with E-state index in [0.29, 0.717) is 4.08 Å². The zero-order valence-electron chi connectivity index (χ0n) is 9.16. The van der Waals surface area contributed by atoms with Gasteiger partial charge in [0.05, 0.1) is 4.08 Å². The molecule has 1 saturated heterocycles. The van der Waals surface area contributed by atoms with Crippen molar-refractivity contribution >= 4 is 23.5 Å². The van der Waals surface area contributed by atoms with Gasteiger partial charge in [-0.3, -0.25) is 0 Å². The number of hydrogen-bond donors (Lipinski definition) is 0. The summed E-state index contributed by atoms with van der Waals surface area (Å²) in [6.07, 6.45) is 12.5. The fourth-order valence-corrected chi connectivity index (χ4v) is 4.43. The Hall–Kier alpha value is 0.180. The van der Waals surface area contributed by atoms with Crippen molar-refractivity contribution in [3.63, 3.8) is 0 Å². The van der Waals surface area contributed by atoms with Crippen LogP contribution in [0.5, 0.6) is 0 Å². The highest BCUT2D eigenvalue weighted by atomic mass is 32.2. The Bertz CT molecular complexity index is 200. The van der Waals surface area contributed by atoms with Crippen molar-refractivity contribution in [3.05, 3.63) is 24.3 Å². The molecule has 1 aliphatic rings. The predicted molar refractivity (Wildman–Crippen MR) is 71.1 cm³/mol. The van der Waals surface area contributed by atoms with Crippen LogP contribution in [0, 0.1) is 0 Å². The molecule has 0 radical (unpaired) electrons. The number of thioether (sulfide) groups is 2. The summed E-state index contributed by atoms with van der Waals surface area (Å²) >= 11 is 4.28. The molecule has 1 rings (SSSR count). The summed E-state index contributed by atoms with van der Waals surface area (Å²) in [5.74, 6) is 2.70. The molecule has 0 N–H and O–H groups in total. The molecule has 1 aliphatic heterocycles. The van der Waals surface area contributed by atoms with Gasteiger partial charge in [0, 0.05) is 0 Å². The zero-order valence-corrected chi connectivity index (χ0v) is 10.8. The first-order chi connectivity index (χ1) is 6.77. The molecule has 0 unspecified atom stereocenters. The fourth-order valence-electron chi connectivity index (χ4n) is 1.45. The first kappa shape index (κ1) is 12.3. The SMILES string of the molecule is C/C=C/C=C\CCC1(C)SCCCS1. The van der Waals surface area contributed by atoms with Crippen LogP contribution in [0.25, 0.3) is 0 Å². The number of hydrogen-bond acceptors (Lipinski definition) is 2. The summed E-state index contributed by atoms with van der Waals surface area (Å²) in [4.78, 5) is 0. The topological polar surface area (TPSA) is 0 Å². The van der Waals surface area contributed by atoms with Gasteiger partial charge in [-0.05, 0) is 44.6 Å². The summed E-state index contributed by atoms with van der Waals surface area (Å²) in [5, 5.41) is 0. The van der Waals surface area contributed by atoms with Gasteiger partial charge in [0.25, 0.3) is 0 Å². The maximum Gasteiger partial charge on any atom is 0.0586 e. The van der Waals surface area contributed by atoms with Gasteiger partial charge >= 0.3 is 0 Å². The Kier molecular flexibility index (Phi) is 5.80. The van der Waals surface area contributed by atoms with Crippen molar-refractivity contribution in [1.82, 2.24) is 0 Å². The second kappa shape index (κ2) is 6.62. The van der Waals surface area contributed by atoms with Crippen molar-refractivity contribution in [2.75, 3.05) is 11.5 Å². The van der Waals surface area contributed by atoms with Crippen molar-refractivity contribution < 1.29 is 0 Å². The fraction of sp³-hybridized carbons (Fsp3) is 0.667. The van der Waals surface area contributed by atoms with Crippen LogP contribution in [0.1, 0.15) is 33.1 Å². The smallest absolute Gasteiger partial charge is 0.0586 e. The average molecular weight is 228 g/mol. The molecule has 0 spiro atoms. The van der Waals surface area contributed by atoms with E-state index in [1.165, 1.54) is 30.8 Å². The van der Waals surface area contributed by atoms with E-state index in [1.54, 1.807) is 0 Å². The van der Waals surface area contributed by atoms with Crippen molar-refractivity contribution in [1.29, 1.82) is 0 Å². The molecule has 0 aromatic rings. The van der Waals surface area contributed by atoms with Gasteiger partial charge in [-0.15, -0.1) is 23.5 Å². The molecule has 0 amide bonds. The molecule has 1 heterocycles. The van der Waals surface area contributed by atoms with E-state index in [9.17, 15) is 0 Å². The first-order valence-corrected chi connectivity index (χ1v) is 7.30. The van der Waals surface area contributed by atoms with E-state index in [-0.39, 0.29) is 0 Å². The Morgan fingerprint density at radius 2 is 1.93 bits per heavy atom. The van der Waals surface area contributed by atoms with Gasteiger partial charge in [-0.1, -0.05) is 24.3 Å². The Labute approximate surface area is 96.6 Å². The van der Waals surface area contributed by atoms with Crippen LogP contribution in [0.15, 0.2) is 24.3 Å². The summed E-state index contributed by atoms with van der Waals surface area (Å²) in [5.41, 5.74) is 0.